The van der Waals surface area contributed by atoms with Crippen molar-refractivity contribution in [1.82, 2.24) is 15.3 Å². The van der Waals surface area contributed by atoms with Gasteiger partial charge in [0.05, 0.1) is 23.1 Å². The number of fused-ring (bicyclic) bond motifs is 3. The molecule has 4 nitrogen and oxygen atoms in total. The lowest BCUT2D eigenvalue weighted by atomic mass is 9.93. The van der Waals surface area contributed by atoms with Crippen molar-refractivity contribution in [3.05, 3.63) is 235 Å². The van der Waals surface area contributed by atoms with Gasteiger partial charge in [0.25, 0.3) is 0 Å². The molecule has 11 rings (SSSR count). The highest BCUT2D eigenvalue weighted by atomic mass is 32.1. The van der Waals surface area contributed by atoms with E-state index in [1.165, 1.54) is 36.9 Å². The molecular weight excluding hydrogens is 761 g/mol. The lowest BCUT2D eigenvalue weighted by Crippen LogP contribution is -2.31. The van der Waals surface area contributed by atoms with E-state index in [-0.39, 0.29) is 6.04 Å². The van der Waals surface area contributed by atoms with Gasteiger partial charge in [-0.2, -0.15) is 0 Å². The summed E-state index contributed by atoms with van der Waals surface area (Å²) in [4.78, 5) is 15.3. The summed E-state index contributed by atoms with van der Waals surface area (Å²) in [5.41, 5.74) is 13.9. The average Bonchev–Trinajstić information content (AvgIpc) is 3.75. The van der Waals surface area contributed by atoms with Crippen LogP contribution in [0.2, 0.25) is 0 Å². The van der Waals surface area contributed by atoms with Gasteiger partial charge in [0.1, 0.15) is 5.84 Å². The fourth-order valence-electron chi connectivity index (χ4n) is 8.31. The average molecular weight is 799 g/mol. The Hall–Kier alpha value is -7.73. The van der Waals surface area contributed by atoms with Gasteiger partial charge in [0.15, 0.2) is 5.82 Å². The van der Waals surface area contributed by atoms with Gasteiger partial charge in [-0.25, -0.2) is 15.0 Å². The molecule has 3 heterocycles. The Bertz CT molecular complexity index is 3190. The molecule has 0 spiro atoms. The van der Waals surface area contributed by atoms with Crippen molar-refractivity contribution in [1.29, 1.82) is 0 Å². The molecule has 1 unspecified atom stereocenters. The summed E-state index contributed by atoms with van der Waals surface area (Å²) < 4.78 is 2.54. The molecule has 8 aromatic carbocycles. The van der Waals surface area contributed by atoms with Gasteiger partial charge in [0.2, 0.25) is 0 Å². The third kappa shape index (κ3) is 7.11. The Morgan fingerprint density at radius 2 is 0.984 bits per heavy atom. The SMILES string of the molecule is C1=C(c2cccc(-c3ccc(-c4ccc(-c5cc(-c6ccccc6)nc(-c6ccccc6)n5)cc4)c4c3sc3ccccc34)c2)N=C(c2ccccc2)NC1c1ccccc1. The Labute approximate surface area is 358 Å². The fourth-order valence-corrected chi connectivity index (χ4v) is 9.58. The number of aliphatic imine (C=N–C) groups is 1. The first-order chi connectivity index (χ1) is 30.2. The summed E-state index contributed by atoms with van der Waals surface area (Å²) in [6.45, 7) is 0. The lowest BCUT2D eigenvalue weighted by molar-refractivity contribution is 0.781. The molecule has 61 heavy (non-hydrogen) atoms. The van der Waals surface area contributed by atoms with Crippen LogP contribution in [0.4, 0.5) is 0 Å². The predicted octanol–water partition coefficient (Wildman–Crippen LogP) is 14.3. The second-order valence-electron chi connectivity index (χ2n) is 15.2. The minimum Gasteiger partial charge on any atom is -0.359 e. The number of thiophene rings is 1. The summed E-state index contributed by atoms with van der Waals surface area (Å²) in [6, 6.07) is 74.7. The topological polar surface area (TPSA) is 50.2 Å². The number of benzene rings is 8. The molecule has 0 fully saturated rings. The number of nitrogens with one attached hydrogen (secondary N) is 1. The zero-order valence-corrected chi connectivity index (χ0v) is 33.9. The standard InChI is InChI=1S/C56H38N4S/c1-5-16-38(17-6-1)48-35-50(59-55(57-48)41-20-9-3-10-21-41)40-30-28-37(29-31-40)45-32-33-46(54-53(45)47-26-13-14-27-52(47)61-54)43-24-15-25-44(34-43)51-36-49(39-18-7-2-8-19-39)58-56(60-51)42-22-11-4-12-23-42/h1-36,49H,(H,58,60). The molecule has 0 saturated heterocycles. The molecule has 1 aliphatic heterocycles. The van der Waals surface area contributed by atoms with Crippen molar-refractivity contribution in [2.75, 3.05) is 0 Å². The molecule has 1 atom stereocenters. The van der Waals surface area contributed by atoms with Crippen molar-refractivity contribution in [3.8, 4) is 56.2 Å². The molecule has 288 valence electrons. The van der Waals surface area contributed by atoms with Crippen LogP contribution < -0.4 is 5.32 Å². The number of hydrogen-bond donors (Lipinski definition) is 1. The fraction of sp³-hybridized carbons (Fsp3) is 0.0179. The van der Waals surface area contributed by atoms with E-state index in [4.69, 9.17) is 15.0 Å². The minimum atomic E-state index is -0.0151. The normalized spacial score (nSPS) is 13.7. The maximum absolute atomic E-state index is 5.21. The predicted molar refractivity (Wildman–Crippen MR) is 255 cm³/mol. The van der Waals surface area contributed by atoms with Gasteiger partial charge in [-0.1, -0.05) is 194 Å². The van der Waals surface area contributed by atoms with Crippen LogP contribution >= 0.6 is 11.3 Å². The van der Waals surface area contributed by atoms with Gasteiger partial charge in [0, 0.05) is 48.0 Å². The third-order valence-electron chi connectivity index (χ3n) is 11.4. The lowest BCUT2D eigenvalue weighted by Gasteiger charge is -2.24. The van der Waals surface area contributed by atoms with Crippen LogP contribution in [0.3, 0.4) is 0 Å². The maximum Gasteiger partial charge on any atom is 0.160 e. The zero-order valence-electron chi connectivity index (χ0n) is 33.1. The van der Waals surface area contributed by atoms with Gasteiger partial charge >= 0.3 is 0 Å². The van der Waals surface area contributed by atoms with Crippen molar-refractivity contribution < 1.29 is 0 Å². The third-order valence-corrected chi connectivity index (χ3v) is 12.6. The molecule has 0 aliphatic carbocycles. The van der Waals surface area contributed by atoms with Crippen molar-refractivity contribution in [3.63, 3.8) is 0 Å². The van der Waals surface area contributed by atoms with Crippen molar-refractivity contribution >= 4 is 43.0 Å². The molecule has 1 aliphatic rings. The number of hydrogen-bond acceptors (Lipinski definition) is 5. The van der Waals surface area contributed by atoms with Gasteiger partial charge in [-0.05, 0) is 52.1 Å². The minimum absolute atomic E-state index is 0.0151. The van der Waals surface area contributed by atoms with E-state index in [2.05, 4.69) is 181 Å². The summed E-state index contributed by atoms with van der Waals surface area (Å²) >= 11 is 1.86. The Kier molecular flexibility index (Phi) is 9.41. The van der Waals surface area contributed by atoms with E-state index < -0.39 is 0 Å². The molecule has 5 heteroatoms. The Morgan fingerprint density at radius 1 is 0.426 bits per heavy atom. The van der Waals surface area contributed by atoms with E-state index in [1.807, 2.05) is 53.8 Å². The Morgan fingerprint density at radius 3 is 1.70 bits per heavy atom. The number of rotatable bonds is 8. The summed E-state index contributed by atoms with van der Waals surface area (Å²) in [5, 5.41) is 6.23. The highest BCUT2D eigenvalue weighted by Crippen LogP contribution is 2.45. The van der Waals surface area contributed by atoms with Crippen LogP contribution in [0.25, 0.3) is 82.0 Å². The molecule has 0 radical (unpaired) electrons. The van der Waals surface area contributed by atoms with E-state index in [0.29, 0.717) is 5.82 Å². The number of amidine groups is 1. The molecule has 0 amide bonds. The summed E-state index contributed by atoms with van der Waals surface area (Å²) in [7, 11) is 0. The summed E-state index contributed by atoms with van der Waals surface area (Å²) in [5.74, 6) is 1.58. The quantitative estimate of drug-likeness (QED) is 0.167. The van der Waals surface area contributed by atoms with Crippen LogP contribution in [0.5, 0.6) is 0 Å². The smallest absolute Gasteiger partial charge is 0.160 e. The highest BCUT2D eigenvalue weighted by Gasteiger charge is 2.21. The second kappa shape index (κ2) is 15.8. The van der Waals surface area contributed by atoms with Crippen LogP contribution in [-0.4, -0.2) is 15.8 Å². The Balaban J connectivity index is 0.992. The van der Waals surface area contributed by atoms with Gasteiger partial charge in [-0.3, -0.25) is 0 Å². The molecule has 2 aromatic heterocycles. The second-order valence-corrected chi connectivity index (χ2v) is 16.3. The van der Waals surface area contributed by atoms with E-state index in [9.17, 15) is 0 Å². The van der Waals surface area contributed by atoms with E-state index >= 15 is 0 Å². The van der Waals surface area contributed by atoms with E-state index in [1.54, 1.807) is 0 Å². The van der Waals surface area contributed by atoms with Crippen molar-refractivity contribution in [2.24, 2.45) is 4.99 Å². The largest absolute Gasteiger partial charge is 0.359 e. The maximum atomic E-state index is 5.21. The first-order valence-electron chi connectivity index (χ1n) is 20.6. The van der Waals surface area contributed by atoms with E-state index in [0.717, 1.165) is 61.9 Å². The zero-order chi connectivity index (χ0) is 40.5. The number of aromatic nitrogens is 2. The highest BCUT2D eigenvalue weighted by molar-refractivity contribution is 7.26. The molecular formula is C56H38N4S. The van der Waals surface area contributed by atoms with Crippen molar-refractivity contribution in [2.45, 2.75) is 6.04 Å². The van der Waals surface area contributed by atoms with Crippen LogP contribution in [0.1, 0.15) is 22.7 Å². The van der Waals surface area contributed by atoms with Crippen LogP contribution in [-0.2, 0) is 0 Å². The van der Waals surface area contributed by atoms with Gasteiger partial charge in [-0.15, -0.1) is 11.3 Å². The summed E-state index contributed by atoms with van der Waals surface area (Å²) in [6.07, 6.45) is 2.25. The van der Waals surface area contributed by atoms with Crippen LogP contribution in [0, 0.1) is 0 Å². The van der Waals surface area contributed by atoms with Crippen LogP contribution in [0.15, 0.2) is 223 Å². The first-order valence-corrected chi connectivity index (χ1v) is 21.4. The first kappa shape index (κ1) is 36.4. The molecule has 0 bridgehead atoms. The molecule has 0 saturated carbocycles. The monoisotopic (exact) mass is 798 g/mol. The molecule has 1 N–H and O–H groups in total. The molecule has 10 aromatic rings. The number of nitrogens with zero attached hydrogens (tertiary/aromatic N) is 3. The van der Waals surface area contributed by atoms with Gasteiger partial charge < -0.3 is 5.32 Å².